The molecular formula is C15H24O. The van der Waals surface area contributed by atoms with Crippen molar-refractivity contribution in [2.24, 2.45) is 5.41 Å². The normalized spacial score (nSPS) is 31.4. The molecule has 1 aliphatic carbocycles. The highest BCUT2D eigenvalue weighted by atomic mass is 16.3. The quantitative estimate of drug-likeness (QED) is 0.697. The fourth-order valence-electron chi connectivity index (χ4n) is 2.52. The van der Waals surface area contributed by atoms with Gasteiger partial charge in [-0.1, -0.05) is 38.7 Å². The predicted octanol–water partition coefficient (Wildman–Crippen LogP) is 4.01. The number of hydrogen-bond acceptors (Lipinski definition) is 1. The number of allylic oxidation sites excluding steroid dienone is 3. The van der Waals surface area contributed by atoms with Crippen LogP contribution in [0, 0.1) is 5.41 Å². The third-order valence-electron chi connectivity index (χ3n) is 3.64. The average molecular weight is 220 g/mol. The van der Waals surface area contributed by atoms with E-state index in [1.165, 1.54) is 0 Å². The molecule has 1 aliphatic rings. The maximum atomic E-state index is 10.5. The van der Waals surface area contributed by atoms with Gasteiger partial charge in [-0.3, -0.25) is 0 Å². The molecule has 1 fully saturated rings. The van der Waals surface area contributed by atoms with Gasteiger partial charge in [-0.05, 0) is 49.7 Å². The molecule has 0 saturated heterocycles. The molecule has 0 spiro atoms. The van der Waals surface area contributed by atoms with Crippen LogP contribution < -0.4 is 0 Å². The van der Waals surface area contributed by atoms with Crippen LogP contribution >= 0.6 is 0 Å². The molecule has 90 valence electrons. The molecule has 1 nitrogen and oxygen atoms in total. The Bertz CT molecular complexity index is 324. The van der Waals surface area contributed by atoms with Crippen LogP contribution in [-0.4, -0.2) is 10.7 Å². The summed E-state index contributed by atoms with van der Waals surface area (Å²) in [6, 6.07) is 0. The second-order valence-corrected chi connectivity index (χ2v) is 5.87. The van der Waals surface area contributed by atoms with Crippen molar-refractivity contribution < 1.29 is 5.11 Å². The fourth-order valence-corrected chi connectivity index (χ4v) is 2.52. The summed E-state index contributed by atoms with van der Waals surface area (Å²) in [5.74, 6) is 0. The smallest absolute Gasteiger partial charge is 0.0837 e. The van der Waals surface area contributed by atoms with Crippen molar-refractivity contribution in [3.8, 4) is 0 Å². The van der Waals surface area contributed by atoms with Crippen LogP contribution in [0.15, 0.2) is 36.0 Å². The third kappa shape index (κ3) is 2.65. The molecule has 1 saturated carbocycles. The van der Waals surface area contributed by atoms with Crippen molar-refractivity contribution in [2.45, 2.75) is 52.6 Å². The van der Waals surface area contributed by atoms with E-state index in [9.17, 15) is 5.11 Å². The van der Waals surface area contributed by atoms with Crippen LogP contribution in [0.2, 0.25) is 0 Å². The summed E-state index contributed by atoms with van der Waals surface area (Å²) in [7, 11) is 0. The van der Waals surface area contributed by atoms with Crippen molar-refractivity contribution in [1.82, 2.24) is 0 Å². The lowest BCUT2D eigenvalue weighted by Gasteiger charge is -2.43. The fraction of sp³-hybridized carbons (Fsp3) is 0.600. The maximum absolute atomic E-state index is 10.5. The van der Waals surface area contributed by atoms with Gasteiger partial charge in [-0.2, -0.15) is 0 Å². The van der Waals surface area contributed by atoms with Gasteiger partial charge in [-0.15, -0.1) is 0 Å². The topological polar surface area (TPSA) is 20.2 Å². The van der Waals surface area contributed by atoms with Crippen molar-refractivity contribution in [2.75, 3.05) is 0 Å². The number of hydrogen-bond donors (Lipinski definition) is 1. The Morgan fingerprint density at radius 2 is 1.81 bits per heavy atom. The van der Waals surface area contributed by atoms with Crippen LogP contribution in [0.25, 0.3) is 0 Å². The van der Waals surface area contributed by atoms with Gasteiger partial charge < -0.3 is 5.11 Å². The second-order valence-electron chi connectivity index (χ2n) is 5.87. The molecule has 1 unspecified atom stereocenters. The molecule has 0 aromatic heterocycles. The zero-order valence-corrected chi connectivity index (χ0v) is 11.1. The molecule has 1 atom stereocenters. The standard InChI is InChI=1S/C15H24O/c1-11(2)12(3)10-13-14(4,5)8-7-9-15(13,6)16/h10,16H,1,3,7-9H2,2,4-6H3/b13-10-. The zero-order valence-electron chi connectivity index (χ0n) is 11.1. The summed E-state index contributed by atoms with van der Waals surface area (Å²) in [5.41, 5.74) is 2.34. The van der Waals surface area contributed by atoms with E-state index >= 15 is 0 Å². The molecule has 0 aromatic carbocycles. The van der Waals surface area contributed by atoms with Gasteiger partial charge in [0.25, 0.3) is 0 Å². The first-order chi connectivity index (χ1) is 7.17. The summed E-state index contributed by atoms with van der Waals surface area (Å²) in [6.07, 6.45) is 5.07. The summed E-state index contributed by atoms with van der Waals surface area (Å²) >= 11 is 0. The van der Waals surface area contributed by atoms with E-state index in [4.69, 9.17) is 0 Å². The molecule has 16 heavy (non-hydrogen) atoms. The first kappa shape index (κ1) is 13.2. The van der Waals surface area contributed by atoms with E-state index in [2.05, 4.69) is 27.0 Å². The Labute approximate surface area is 99.6 Å². The predicted molar refractivity (Wildman–Crippen MR) is 70.3 cm³/mol. The SMILES string of the molecule is C=C(C)C(=C)/C=C1/C(C)(C)CCCC1(C)O. The van der Waals surface area contributed by atoms with Gasteiger partial charge in [0, 0.05) is 0 Å². The van der Waals surface area contributed by atoms with E-state index < -0.39 is 5.60 Å². The van der Waals surface area contributed by atoms with Gasteiger partial charge in [0.2, 0.25) is 0 Å². The molecule has 0 heterocycles. The van der Waals surface area contributed by atoms with Gasteiger partial charge in [0.15, 0.2) is 0 Å². The Hall–Kier alpha value is -0.820. The highest BCUT2D eigenvalue weighted by Crippen LogP contribution is 2.46. The molecular weight excluding hydrogens is 196 g/mol. The molecule has 0 aliphatic heterocycles. The maximum Gasteiger partial charge on any atom is 0.0837 e. The van der Waals surface area contributed by atoms with Gasteiger partial charge >= 0.3 is 0 Å². The molecule has 1 rings (SSSR count). The Kier molecular flexibility index (Phi) is 3.49. The van der Waals surface area contributed by atoms with E-state index in [1.54, 1.807) is 0 Å². The van der Waals surface area contributed by atoms with Crippen molar-refractivity contribution in [1.29, 1.82) is 0 Å². The Morgan fingerprint density at radius 3 is 2.25 bits per heavy atom. The van der Waals surface area contributed by atoms with Crippen molar-refractivity contribution in [3.63, 3.8) is 0 Å². The minimum atomic E-state index is -0.694. The second kappa shape index (κ2) is 4.21. The minimum absolute atomic E-state index is 0.0557. The van der Waals surface area contributed by atoms with Crippen molar-refractivity contribution in [3.05, 3.63) is 36.0 Å². The molecule has 0 aromatic rings. The van der Waals surface area contributed by atoms with E-state index in [1.807, 2.05) is 19.9 Å². The van der Waals surface area contributed by atoms with Gasteiger partial charge in [0.1, 0.15) is 0 Å². The average Bonchev–Trinajstić information content (AvgIpc) is 2.10. The largest absolute Gasteiger partial charge is 0.386 e. The summed E-state index contributed by atoms with van der Waals surface area (Å²) in [6.45, 7) is 16.1. The Morgan fingerprint density at radius 1 is 1.25 bits per heavy atom. The van der Waals surface area contributed by atoms with Crippen LogP contribution in [-0.2, 0) is 0 Å². The molecule has 0 radical (unpaired) electrons. The minimum Gasteiger partial charge on any atom is -0.386 e. The number of rotatable bonds is 2. The molecule has 0 bridgehead atoms. The van der Waals surface area contributed by atoms with Crippen LogP contribution in [0.5, 0.6) is 0 Å². The highest BCUT2D eigenvalue weighted by molar-refractivity contribution is 5.41. The van der Waals surface area contributed by atoms with Gasteiger partial charge in [-0.25, -0.2) is 0 Å². The molecule has 1 N–H and O–H groups in total. The molecule has 1 heteroatoms. The Balaban J connectivity index is 3.13. The monoisotopic (exact) mass is 220 g/mol. The first-order valence-corrected chi connectivity index (χ1v) is 5.97. The number of aliphatic hydroxyl groups is 1. The van der Waals surface area contributed by atoms with Crippen LogP contribution in [0.1, 0.15) is 47.0 Å². The van der Waals surface area contributed by atoms with Crippen LogP contribution in [0.4, 0.5) is 0 Å². The van der Waals surface area contributed by atoms with E-state index in [-0.39, 0.29) is 5.41 Å². The summed E-state index contributed by atoms with van der Waals surface area (Å²) in [4.78, 5) is 0. The van der Waals surface area contributed by atoms with E-state index in [0.29, 0.717) is 0 Å². The van der Waals surface area contributed by atoms with Crippen molar-refractivity contribution >= 4 is 0 Å². The lowest BCUT2D eigenvalue weighted by molar-refractivity contribution is 0.0397. The lowest BCUT2D eigenvalue weighted by Crippen LogP contribution is -2.39. The van der Waals surface area contributed by atoms with Crippen LogP contribution in [0.3, 0.4) is 0 Å². The summed E-state index contributed by atoms with van der Waals surface area (Å²) < 4.78 is 0. The van der Waals surface area contributed by atoms with Gasteiger partial charge in [0.05, 0.1) is 5.60 Å². The zero-order chi connectivity index (χ0) is 12.6. The summed E-state index contributed by atoms with van der Waals surface area (Å²) in [5, 5.41) is 10.5. The third-order valence-corrected chi connectivity index (χ3v) is 3.64. The highest BCUT2D eigenvalue weighted by Gasteiger charge is 2.40. The molecule has 0 amide bonds. The van der Waals surface area contributed by atoms with E-state index in [0.717, 1.165) is 36.0 Å². The first-order valence-electron chi connectivity index (χ1n) is 5.97. The lowest BCUT2D eigenvalue weighted by atomic mass is 9.65.